The smallest absolute Gasteiger partial charge is 0.0452 e. The Morgan fingerprint density at radius 1 is 1.29 bits per heavy atom. The topological polar surface area (TPSA) is 12.0 Å². The third-order valence-electron chi connectivity index (χ3n) is 1.54. The van der Waals surface area contributed by atoms with Crippen LogP contribution in [0.4, 0.5) is 0 Å². The van der Waals surface area contributed by atoms with Crippen molar-refractivity contribution in [3.63, 3.8) is 0 Å². The first kappa shape index (κ1) is 13.2. The molecule has 0 saturated heterocycles. The van der Waals surface area contributed by atoms with Crippen LogP contribution >= 0.6 is 15.9 Å². The molecule has 0 fully saturated rings. The van der Waals surface area contributed by atoms with E-state index in [1.807, 2.05) is 6.08 Å². The van der Waals surface area contributed by atoms with E-state index in [2.05, 4.69) is 60.4 Å². The lowest BCUT2D eigenvalue weighted by Crippen LogP contribution is -2.09. The number of halogens is 1. The molecule has 14 heavy (non-hydrogen) atoms. The molecule has 0 aliphatic carbocycles. The van der Waals surface area contributed by atoms with Crippen molar-refractivity contribution in [2.45, 2.75) is 26.7 Å². The largest absolute Gasteiger partial charge is 0.356 e. The van der Waals surface area contributed by atoms with Gasteiger partial charge in [0.25, 0.3) is 0 Å². The quantitative estimate of drug-likeness (QED) is 0.700. The summed E-state index contributed by atoms with van der Waals surface area (Å²) in [4.78, 5) is 0. The molecule has 0 amide bonds. The Balaban J connectivity index is 4.13. The maximum atomic E-state index is 3.90. The molecule has 1 N–H and O–H groups in total. The van der Waals surface area contributed by atoms with Crippen LogP contribution in [0.3, 0.4) is 0 Å². The zero-order valence-electron chi connectivity index (χ0n) is 8.94. The van der Waals surface area contributed by atoms with Crippen LogP contribution in [0.5, 0.6) is 0 Å². The molecule has 0 atom stereocenters. The molecule has 0 aromatic carbocycles. The average molecular weight is 256 g/mol. The molecular formula is C12H18BrN. The summed E-state index contributed by atoms with van der Waals surface area (Å²) in [5.41, 5.74) is 1.70. The Bertz CT molecular complexity index is 261. The fourth-order valence-corrected chi connectivity index (χ4v) is 1.28. The minimum Gasteiger partial charge on any atom is -0.356 e. The summed E-state index contributed by atoms with van der Waals surface area (Å²) in [5.74, 6) is 0. The van der Waals surface area contributed by atoms with Gasteiger partial charge in [0.05, 0.1) is 0 Å². The molecule has 78 valence electrons. The molecule has 0 spiro atoms. The molecule has 0 saturated carbocycles. The predicted molar refractivity (Wildman–Crippen MR) is 68.1 cm³/mol. The lowest BCUT2D eigenvalue weighted by Gasteiger charge is -2.08. The van der Waals surface area contributed by atoms with Crippen molar-refractivity contribution in [3.05, 3.63) is 47.3 Å². The molecule has 0 radical (unpaired) electrons. The van der Waals surface area contributed by atoms with Gasteiger partial charge in [0, 0.05) is 15.9 Å². The lowest BCUT2D eigenvalue weighted by atomic mass is 10.3. The van der Waals surface area contributed by atoms with Crippen LogP contribution in [-0.2, 0) is 0 Å². The van der Waals surface area contributed by atoms with Gasteiger partial charge >= 0.3 is 0 Å². The Kier molecular flexibility index (Phi) is 7.21. The summed E-state index contributed by atoms with van der Waals surface area (Å²) in [5, 5.41) is 3.11. The van der Waals surface area contributed by atoms with Gasteiger partial charge in [0.2, 0.25) is 0 Å². The van der Waals surface area contributed by atoms with E-state index in [1.165, 1.54) is 0 Å². The predicted octanol–water partition coefficient (Wildman–Crippen LogP) is 4.26. The van der Waals surface area contributed by atoms with Gasteiger partial charge in [-0.15, -0.1) is 0 Å². The molecule has 0 heterocycles. The number of allylic oxidation sites excluding steroid dienone is 4. The van der Waals surface area contributed by atoms with E-state index in [0.29, 0.717) is 0 Å². The summed E-state index contributed by atoms with van der Waals surface area (Å²) >= 11 is 3.43. The van der Waals surface area contributed by atoms with Gasteiger partial charge in [0.1, 0.15) is 0 Å². The second-order valence-corrected chi connectivity index (χ2v) is 3.75. The molecule has 0 bridgehead atoms. The summed E-state index contributed by atoms with van der Waals surface area (Å²) in [6.45, 7) is 11.9. The van der Waals surface area contributed by atoms with Crippen molar-refractivity contribution in [2.75, 3.05) is 0 Å². The van der Waals surface area contributed by atoms with Gasteiger partial charge in [-0.3, -0.25) is 0 Å². The van der Waals surface area contributed by atoms with Crippen molar-refractivity contribution in [1.82, 2.24) is 5.32 Å². The normalized spacial score (nSPS) is 11.8. The number of hydrogen-bond acceptors (Lipinski definition) is 1. The fourth-order valence-electron chi connectivity index (χ4n) is 0.858. The van der Waals surface area contributed by atoms with Crippen molar-refractivity contribution in [2.24, 2.45) is 0 Å². The SMILES string of the molecule is C=C(/C=C\CC)NC(=C)/C(Br)=C\CC. The Morgan fingerprint density at radius 3 is 2.43 bits per heavy atom. The third kappa shape index (κ3) is 5.81. The zero-order chi connectivity index (χ0) is 11.0. The number of hydrogen-bond donors (Lipinski definition) is 1. The van der Waals surface area contributed by atoms with E-state index >= 15 is 0 Å². The minimum absolute atomic E-state index is 0.845. The van der Waals surface area contributed by atoms with Gasteiger partial charge in [-0.25, -0.2) is 0 Å². The summed E-state index contributed by atoms with van der Waals surface area (Å²) in [6.07, 6.45) is 8.07. The second kappa shape index (κ2) is 7.63. The summed E-state index contributed by atoms with van der Waals surface area (Å²) in [7, 11) is 0. The van der Waals surface area contributed by atoms with E-state index in [-0.39, 0.29) is 0 Å². The molecule has 1 nitrogen and oxygen atoms in total. The minimum atomic E-state index is 0.845. The standard InChI is InChI=1S/C12H18BrN/c1-5-7-9-10(3)14-11(4)12(13)8-6-2/h7-9,14H,3-6H2,1-2H3/b9-7-,12-8+. The van der Waals surface area contributed by atoms with Crippen LogP contribution in [0, 0.1) is 0 Å². The molecule has 0 aliphatic rings. The van der Waals surface area contributed by atoms with Crippen LogP contribution in [0.2, 0.25) is 0 Å². The summed E-state index contributed by atoms with van der Waals surface area (Å²) < 4.78 is 0.992. The molecule has 0 aromatic rings. The first-order valence-electron chi connectivity index (χ1n) is 4.79. The van der Waals surface area contributed by atoms with E-state index in [1.54, 1.807) is 0 Å². The van der Waals surface area contributed by atoms with Crippen molar-refractivity contribution < 1.29 is 0 Å². The van der Waals surface area contributed by atoms with Crippen molar-refractivity contribution in [3.8, 4) is 0 Å². The molecule has 0 aliphatic heterocycles. The van der Waals surface area contributed by atoms with Gasteiger partial charge in [-0.05, 0) is 34.8 Å². The average Bonchev–Trinajstić information content (AvgIpc) is 2.15. The molecule has 0 rings (SSSR count). The lowest BCUT2D eigenvalue weighted by molar-refractivity contribution is 1.04. The van der Waals surface area contributed by atoms with Crippen LogP contribution in [0.1, 0.15) is 26.7 Å². The number of nitrogens with one attached hydrogen (secondary N) is 1. The first-order chi connectivity index (χ1) is 6.61. The molecular weight excluding hydrogens is 238 g/mol. The number of rotatable bonds is 6. The molecule has 2 heteroatoms. The maximum absolute atomic E-state index is 3.90. The van der Waals surface area contributed by atoms with Gasteiger partial charge in [-0.2, -0.15) is 0 Å². The highest BCUT2D eigenvalue weighted by atomic mass is 79.9. The van der Waals surface area contributed by atoms with Gasteiger partial charge < -0.3 is 5.32 Å². The zero-order valence-corrected chi connectivity index (χ0v) is 10.5. The van der Waals surface area contributed by atoms with Crippen molar-refractivity contribution in [1.29, 1.82) is 0 Å². The van der Waals surface area contributed by atoms with Crippen molar-refractivity contribution >= 4 is 15.9 Å². The monoisotopic (exact) mass is 255 g/mol. The van der Waals surface area contributed by atoms with Crippen LogP contribution < -0.4 is 5.32 Å². The Morgan fingerprint density at radius 2 is 1.93 bits per heavy atom. The van der Waals surface area contributed by atoms with Gasteiger partial charge in [0.15, 0.2) is 0 Å². The van der Waals surface area contributed by atoms with E-state index in [4.69, 9.17) is 0 Å². The highest BCUT2D eigenvalue weighted by molar-refractivity contribution is 9.11. The molecule has 0 unspecified atom stereocenters. The van der Waals surface area contributed by atoms with Crippen LogP contribution in [0.25, 0.3) is 0 Å². The second-order valence-electron chi connectivity index (χ2n) is 2.90. The third-order valence-corrected chi connectivity index (χ3v) is 2.34. The Labute approximate surface area is 95.4 Å². The van der Waals surface area contributed by atoms with Gasteiger partial charge in [-0.1, -0.05) is 39.2 Å². The molecule has 0 aromatic heterocycles. The Hall–Kier alpha value is -0.760. The van der Waals surface area contributed by atoms with E-state index in [0.717, 1.165) is 28.7 Å². The first-order valence-corrected chi connectivity index (χ1v) is 5.58. The van der Waals surface area contributed by atoms with Crippen LogP contribution in [0.15, 0.2) is 47.3 Å². The highest BCUT2D eigenvalue weighted by Crippen LogP contribution is 2.14. The fraction of sp³-hybridized carbons (Fsp3) is 0.333. The highest BCUT2D eigenvalue weighted by Gasteiger charge is 1.97. The van der Waals surface area contributed by atoms with Crippen LogP contribution in [-0.4, -0.2) is 0 Å². The maximum Gasteiger partial charge on any atom is 0.0452 e. The summed E-state index contributed by atoms with van der Waals surface area (Å²) in [6, 6.07) is 0. The van der Waals surface area contributed by atoms with E-state index in [9.17, 15) is 0 Å². The van der Waals surface area contributed by atoms with E-state index < -0.39 is 0 Å².